The Kier molecular flexibility index (Phi) is 4.32. The quantitative estimate of drug-likeness (QED) is 0.932. The third-order valence-electron chi connectivity index (χ3n) is 2.97. The molecule has 0 saturated heterocycles. The van der Waals surface area contributed by atoms with E-state index in [9.17, 15) is 4.39 Å². The van der Waals surface area contributed by atoms with E-state index in [2.05, 4.69) is 20.9 Å². The van der Waals surface area contributed by atoms with Crippen LogP contribution in [0.2, 0.25) is 0 Å². The Balaban J connectivity index is 2.20. The predicted octanol–water partition coefficient (Wildman–Crippen LogP) is 3.84. The van der Waals surface area contributed by atoms with Gasteiger partial charge in [-0.1, -0.05) is 6.07 Å². The summed E-state index contributed by atoms with van der Waals surface area (Å²) in [4.78, 5) is 4.34. The first-order valence-corrected chi connectivity index (χ1v) is 6.89. The molecule has 1 aromatic carbocycles. The molecule has 1 unspecified atom stereocenters. The van der Waals surface area contributed by atoms with E-state index in [0.717, 1.165) is 22.5 Å². The molecule has 0 aliphatic carbocycles. The van der Waals surface area contributed by atoms with Crippen molar-refractivity contribution in [3.8, 4) is 0 Å². The molecule has 2 rings (SSSR count). The summed E-state index contributed by atoms with van der Waals surface area (Å²) in [5, 5.41) is 0. The van der Waals surface area contributed by atoms with E-state index in [0.29, 0.717) is 10.9 Å². The number of aryl methyl sites for hydroxylation is 2. The van der Waals surface area contributed by atoms with Crippen LogP contribution < -0.4 is 5.73 Å². The van der Waals surface area contributed by atoms with Gasteiger partial charge in [0, 0.05) is 17.4 Å². The third-order valence-corrected chi connectivity index (χ3v) is 3.58. The first-order chi connectivity index (χ1) is 8.95. The van der Waals surface area contributed by atoms with Gasteiger partial charge in [-0.2, -0.15) is 0 Å². The van der Waals surface area contributed by atoms with Gasteiger partial charge < -0.3 is 5.73 Å². The Morgan fingerprint density at radius 1 is 1.21 bits per heavy atom. The summed E-state index contributed by atoms with van der Waals surface area (Å²) in [5.41, 5.74) is 10.2. The number of rotatable bonds is 3. The summed E-state index contributed by atoms with van der Waals surface area (Å²) in [6.07, 6.45) is 0.668. The normalized spacial score (nSPS) is 12.5. The molecule has 0 fully saturated rings. The number of benzene rings is 1. The third kappa shape index (κ3) is 3.61. The van der Waals surface area contributed by atoms with Gasteiger partial charge in [0.2, 0.25) is 0 Å². The first kappa shape index (κ1) is 14.2. The Morgan fingerprint density at radius 3 is 2.42 bits per heavy atom. The summed E-state index contributed by atoms with van der Waals surface area (Å²) < 4.78 is 13.7. The molecule has 4 heteroatoms. The van der Waals surface area contributed by atoms with E-state index in [4.69, 9.17) is 5.73 Å². The maximum absolute atomic E-state index is 13.2. The zero-order valence-electron chi connectivity index (χ0n) is 11.0. The van der Waals surface area contributed by atoms with Crippen molar-refractivity contribution in [2.45, 2.75) is 26.3 Å². The SMILES string of the molecule is Cc1cc(C(N)Cc2ccc(F)c(Br)c2)cc(C)n1. The molecular formula is C15H16BrFN2. The van der Waals surface area contributed by atoms with Crippen molar-refractivity contribution in [2.75, 3.05) is 0 Å². The lowest BCUT2D eigenvalue weighted by Crippen LogP contribution is -2.14. The summed E-state index contributed by atoms with van der Waals surface area (Å²) in [7, 11) is 0. The van der Waals surface area contributed by atoms with Crippen molar-refractivity contribution in [3.05, 3.63) is 63.1 Å². The topological polar surface area (TPSA) is 38.9 Å². The highest BCUT2D eigenvalue weighted by Crippen LogP contribution is 2.22. The molecule has 0 saturated carbocycles. The van der Waals surface area contributed by atoms with Crippen LogP contribution in [0.15, 0.2) is 34.8 Å². The molecular weight excluding hydrogens is 307 g/mol. The van der Waals surface area contributed by atoms with Gasteiger partial charge in [-0.3, -0.25) is 4.98 Å². The van der Waals surface area contributed by atoms with Crippen molar-refractivity contribution < 1.29 is 4.39 Å². The Morgan fingerprint density at radius 2 is 1.84 bits per heavy atom. The van der Waals surface area contributed by atoms with Crippen molar-refractivity contribution >= 4 is 15.9 Å². The van der Waals surface area contributed by atoms with E-state index in [1.54, 1.807) is 12.1 Å². The van der Waals surface area contributed by atoms with Crippen LogP contribution in [0.3, 0.4) is 0 Å². The summed E-state index contributed by atoms with van der Waals surface area (Å²) in [6.45, 7) is 3.91. The molecule has 0 spiro atoms. The number of nitrogens with zero attached hydrogens (tertiary/aromatic N) is 1. The lowest BCUT2D eigenvalue weighted by Gasteiger charge is -2.14. The van der Waals surface area contributed by atoms with Crippen molar-refractivity contribution in [1.29, 1.82) is 0 Å². The molecule has 2 aromatic rings. The first-order valence-electron chi connectivity index (χ1n) is 6.10. The number of pyridine rings is 1. The fourth-order valence-electron chi connectivity index (χ4n) is 2.12. The molecule has 1 atom stereocenters. The molecule has 100 valence electrons. The lowest BCUT2D eigenvalue weighted by molar-refractivity contribution is 0.618. The molecule has 0 aliphatic heterocycles. The number of hydrogen-bond acceptors (Lipinski definition) is 2. The minimum Gasteiger partial charge on any atom is -0.324 e. The highest BCUT2D eigenvalue weighted by atomic mass is 79.9. The maximum Gasteiger partial charge on any atom is 0.137 e. The largest absolute Gasteiger partial charge is 0.324 e. The minimum absolute atomic E-state index is 0.113. The number of aromatic nitrogens is 1. The standard InChI is InChI=1S/C15H16BrFN2/c1-9-5-12(6-10(2)19-9)15(18)8-11-3-4-14(17)13(16)7-11/h3-7,15H,8,18H2,1-2H3. The monoisotopic (exact) mass is 322 g/mol. The van der Waals surface area contributed by atoms with E-state index < -0.39 is 0 Å². The van der Waals surface area contributed by atoms with Gasteiger partial charge in [0.05, 0.1) is 4.47 Å². The van der Waals surface area contributed by atoms with Gasteiger partial charge in [0.15, 0.2) is 0 Å². The van der Waals surface area contributed by atoms with Gasteiger partial charge in [0.1, 0.15) is 5.82 Å². The van der Waals surface area contributed by atoms with E-state index >= 15 is 0 Å². The molecule has 19 heavy (non-hydrogen) atoms. The molecule has 0 bridgehead atoms. The van der Waals surface area contributed by atoms with Gasteiger partial charge in [0.25, 0.3) is 0 Å². The molecule has 2 N–H and O–H groups in total. The van der Waals surface area contributed by atoms with Gasteiger partial charge in [-0.25, -0.2) is 4.39 Å². The highest BCUT2D eigenvalue weighted by molar-refractivity contribution is 9.10. The Bertz CT molecular complexity index is 578. The molecule has 2 nitrogen and oxygen atoms in total. The van der Waals surface area contributed by atoms with Crippen LogP contribution in [-0.2, 0) is 6.42 Å². The van der Waals surface area contributed by atoms with Gasteiger partial charge in [-0.05, 0) is 71.6 Å². The second kappa shape index (κ2) is 5.80. The summed E-state index contributed by atoms with van der Waals surface area (Å²) in [5.74, 6) is -0.257. The second-order valence-corrected chi connectivity index (χ2v) is 5.60. The van der Waals surface area contributed by atoms with Gasteiger partial charge in [-0.15, -0.1) is 0 Å². The summed E-state index contributed by atoms with van der Waals surface area (Å²) >= 11 is 3.19. The molecule has 1 aromatic heterocycles. The summed E-state index contributed by atoms with van der Waals surface area (Å²) in [6, 6.07) is 8.87. The van der Waals surface area contributed by atoms with E-state index in [-0.39, 0.29) is 11.9 Å². The van der Waals surface area contributed by atoms with Crippen LogP contribution in [0.1, 0.15) is 28.6 Å². The maximum atomic E-state index is 13.2. The fourth-order valence-corrected chi connectivity index (χ4v) is 2.55. The van der Waals surface area contributed by atoms with Crippen molar-refractivity contribution in [1.82, 2.24) is 4.98 Å². The Labute approximate surface area is 121 Å². The zero-order chi connectivity index (χ0) is 14.0. The van der Waals surface area contributed by atoms with Crippen molar-refractivity contribution in [2.24, 2.45) is 5.73 Å². The second-order valence-electron chi connectivity index (χ2n) is 4.74. The van der Waals surface area contributed by atoms with Crippen LogP contribution in [0, 0.1) is 19.7 Å². The average Bonchev–Trinajstić information content (AvgIpc) is 2.32. The van der Waals surface area contributed by atoms with Crippen LogP contribution >= 0.6 is 15.9 Å². The molecule has 1 heterocycles. The lowest BCUT2D eigenvalue weighted by atomic mass is 9.99. The average molecular weight is 323 g/mol. The van der Waals surface area contributed by atoms with Gasteiger partial charge >= 0.3 is 0 Å². The smallest absolute Gasteiger partial charge is 0.137 e. The fraction of sp³-hybridized carbons (Fsp3) is 0.267. The van der Waals surface area contributed by atoms with Crippen LogP contribution in [0.4, 0.5) is 4.39 Å². The van der Waals surface area contributed by atoms with E-state index in [1.807, 2.05) is 26.0 Å². The minimum atomic E-state index is -0.257. The van der Waals surface area contributed by atoms with Crippen LogP contribution in [0.25, 0.3) is 0 Å². The molecule has 0 aliphatic rings. The molecule has 0 amide bonds. The predicted molar refractivity (Wildman–Crippen MR) is 78.4 cm³/mol. The highest BCUT2D eigenvalue weighted by Gasteiger charge is 2.10. The molecule has 0 radical (unpaired) electrons. The van der Waals surface area contributed by atoms with E-state index in [1.165, 1.54) is 6.07 Å². The number of nitrogens with two attached hydrogens (primary N) is 1. The Hall–Kier alpha value is -1.26. The number of hydrogen-bond donors (Lipinski definition) is 1. The number of halogens is 2. The zero-order valence-corrected chi connectivity index (χ0v) is 12.5. The van der Waals surface area contributed by atoms with Crippen LogP contribution in [0.5, 0.6) is 0 Å². The van der Waals surface area contributed by atoms with Crippen molar-refractivity contribution in [3.63, 3.8) is 0 Å². The van der Waals surface area contributed by atoms with Crippen LogP contribution in [-0.4, -0.2) is 4.98 Å².